The van der Waals surface area contributed by atoms with E-state index in [2.05, 4.69) is 11.9 Å². The Hall–Kier alpha value is -0.450. The molecule has 0 spiro atoms. The summed E-state index contributed by atoms with van der Waals surface area (Å²) in [5.74, 6) is 0.0795. The average Bonchev–Trinajstić information content (AvgIpc) is 2.63. The molecule has 0 radical (unpaired) electrons. The van der Waals surface area contributed by atoms with Crippen molar-refractivity contribution < 1.29 is 5.11 Å². The average molecular weight is 200 g/mol. The van der Waals surface area contributed by atoms with Crippen molar-refractivity contribution in [2.75, 3.05) is 6.54 Å². The number of nitrogens with zero attached hydrogens (tertiary/aromatic N) is 1. The van der Waals surface area contributed by atoms with E-state index in [1.165, 1.54) is 4.88 Å². The van der Waals surface area contributed by atoms with Gasteiger partial charge in [0.25, 0.3) is 0 Å². The second-order valence-corrected chi connectivity index (χ2v) is 4.32. The number of aryl methyl sites for hydroxylation is 1. The quantitative estimate of drug-likeness (QED) is 0.771. The molecular formula is C9H16N2OS. The molecule has 1 aromatic heterocycles. The number of hydrogen-bond donors (Lipinski definition) is 2. The first-order chi connectivity index (χ1) is 6.19. The Labute approximate surface area is 82.6 Å². The van der Waals surface area contributed by atoms with E-state index in [4.69, 9.17) is 5.73 Å². The summed E-state index contributed by atoms with van der Waals surface area (Å²) in [5, 5.41) is 10.6. The summed E-state index contributed by atoms with van der Waals surface area (Å²) >= 11 is 1.57. The van der Waals surface area contributed by atoms with E-state index in [0.29, 0.717) is 6.54 Å². The molecule has 1 heterocycles. The molecule has 0 amide bonds. The van der Waals surface area contributed by atoms with E-state index in [1.54, 1.807) is 11.3 Å². The van der Waals surface area contributed by atoms with Crippen LogP contribution in [0.4, 0.5) is 0 Å². The molecule has 2 atom stereocenters. The van der Waals surface area contributed by atoms with Gasteiger partial charge in [-0.25, -0.2) is 4.98 Å². The predicted molar refractivity (Wildman–Crippen MR) is 54.7 cm³/mol. The van der Waals surface area contributed by atoms with Crippen LogP contribution in [-0.4, -0.2) is 16.6 Å². The second-order valence-electron chi connectivity index (χ2n) is 3.18. The van der Waals surface area contributed by atoms with Crippen molar-refractivity contribution in [1.82, 2.24) is 4.98 Å². The Balaban J connectivity index is 2.70. The molecule has 0 saturated carbocycles. The van der Waals surface area contributed by atoms with Gasteiger partial charge in [0.2, 0.25) is 0 Å². The zero-order valence-electron chi connectivity index (χ0n) is 8.03. The summed E-state index contributed by atoms with van der Waals surface area (Å²) in [6.07, 6.45) is 2.30. The number of rotatable bonds is 4. The minimum absolute atomic E-state index is 0.0795. The summed E-state index contributed by atoms with van der Waals surface area (Å²) in [6.45, 7) is 4.50. The van der Waals surface area contributed by atoms with Gasteiger partial charge in [0.1, 0.15) is 11.1 Å². The summed E-state index contributed by atoms with van der Waals surface area (Å²) in [5.41, 5.74) is 5.47. The van der Waals surface area contributed by atoms with Gasteiger partial charge < -0.3 is 10.8 Å². The molecule has 3 N–H and O–H groups in total. The van der Waals surface area contributed by atoms with Crippen molar-refractivity contribution in [2.45, 2.75) is 26.4 Å². The summed E-state index contributed by atoms with van der Waals surface area (Å²) in [7, 11) is 0. The molecule has 13 heavy (non-hydrogen) atoms. The number of nitrogens with two attached hydrogens (primary N) is 1. The molecule has 4 heteroatoms. The van der Waals surface area contributed by atoms with Crippen LogP contribution in [0.3, 0.4) is 0 Å². The highest BCUT2D eigenvalue weighted by molar-refractivity contribution is 7.11. The van der Waals surface area contributed by atoms with Gasteiger partial charge in [-0.1, -0.05) is 13.8 Å². The van der Waals surface area contributed by atoms with Gasteiger partial charge in [-0.2, -0.15) is 0 Å². The molecule has 0 saturated heterocycles. The minimum Gasteiger partial charge on any atom is -0.386 e. The zero-order valence-corrected chi connectivity index (χ0v) is 8.84. The van der Waals surface area contributed by atoms with E-state index in [-0.39, 0.29) is 5.92 Å². The molecule has 0 bridgehead atoms. The second kappa shape index (κ2) is 4.69. The Kier molecular flexibility index (Phi) is 3.84. The van der Waals surface area contributed by atoms with Gasteiger partial charge in [0, 0.05) is 17.0 Å². The normalized spacial score (nSPS) is 15.7. The number of aliphatic hydroxyl groups excluding tert-OH is 1. The van der Waals surface area contributed by atoms with Crippen molar-refractivity contribution in [1.29, 1.82) is 0 Å². The Morgan fingerprint density at radius 3 is 2.85 bits per heavy atom. The molecule has 0 aliphatic carbocycles. The van der Waals surface area contributed by atoms with Gasteiger partial charge in [-0.3, -0.25) is 0 Å². The first-order valence-corrected chi connectivity index (χ1v) is 5.33. The maximum absolute atomic E-state index is 9.77. The fraction of sp³-hybridized carbons (Fsp3) is 0.667. The summed E-state index contributed by atoms with van der Waals surface area (Å²) in [4.78, 5) is 5.38. The Morgan fingerprint density at radius 1 is 1.69 bits per heavy atom. The number of hydrogen-bond acceptors (Lipinski definition) is 4. The van der Waals surface area contributed by atoms with Crippen molar-refractivity contribution in [3.05, 3.63) is 16.1 Å². The van der Waals surface area contributed by atoms with Crippen molar-refractivity contribution in [3.63, 3.8) is 0 Å². The number of aromatic nitrogens is 1. The third-order valence-corrected chi connectivity index (χ3v) is 3.30. The highest BCUT2D eigenvalue weighted by atomic mass is 32.1. The SMILES string of the molecule is CCc1cnc(C(O)C(C)CN)s1. The van der Waals surface area contributed by atoms with Gasteiger partial charge in [-0.15, -0.1) is 11.3 Å². The molecule has 0 fully saturated rings. The summed E-state index contributed by atoms with van der Waals surface area (Å²) in [6, 6.07) is 0. The van der Waals surface area contributed by atoms with E-state index in [0.717, 1.165) is 11.4 Å². The van der Waals surface area contributed by atoms with E-state index in [1.807, 2.05) is 13.1 Å². The zero-order chi connectivity index (χ0) is 9.84. The van der Waals surface area contributed by atoms with Crippen LogP contribution in [0.2, 0.25) is 0 Å². The van der Waals surface area contributed by atoms with Crippen molar-refractivity contribution in [2.24, 2.45) is 11.7 Å². The molecule has 74 valence electrons. The van der Waals surface area contributed by atoms with Gasteiger partial charge >= 0.3 is 0 Å². The third kappa shape index (κ3) is 2.49. The fourth-order valence-electron chi connectivity index (χ4n) is 0.995. The first kappa shape index (κ1) is 10.6. The first-order valence-electron chi connectivity index (χ1n) is 4.51. The van der Waals surface area contributed by atoms with Gasteiger partial charge in [0.15, 0.2) is 0 Å². The van der Waals surface area contributed by atoms with Crippen molar-refractivity contribution in [3.8, 4) is 0 Å². The monoisotopic (exact) mass is 200 g/mol. The fourth-order valence-corrected chi connectivity index (χ4v) is 1.97. The molecule has 1 rings (SSSR count). The van der Waals surface area contributed by atoms with Crippen LogP contribution in [0.1, 0.15) is 29.8 Å². The molecule has 0 aromatic carbocycles. The largest absolute Gasteiger partial charge is 0.386 e. The minimum atomic E-state index is -0.504. The lowest BCUT2D eigenvalue weighted by atomic mass is 10.1. The van der Waals surface area contributed by atoms with Crippen LogP contribution in [0.5, 0.6) is 0 Å². The van der Waals surface area contributed by atoms with Gasteiger partial charge in [0.05, 0.1) is 0 Å². The lowest BCUT2D eigenvalue weighted by Crippen LogP contribution is -2.18. The van der Waals surface area contributed by atoms with Crippen LogP contribution in [0.15, 0.2) is 6.20 Å². The Bertz CT molecular complexity index is 262. The highest BCUT2D eigenvalue weighted by Crippen LogP contribution is 2.25. The summed E-state index contributed by atoms with van der Waals surface area (Å²) < 4.78 is 0. The smallest absolute Gasteiger partial charge is 0.122 e. The van der Waals surface area contributed by atoms with Crippen LogP contribution in [-0.2, 0) is 6.42 Å². The number of thiazole rings is 1. The molecule has 2 unspecified atom stereocenters. The predicted octanol–water partition coefficient (Wildman–Crippen LogP) is 1.33. The maximum Gasteiger partial charge on any atom is 0.122 e. The Morgan fingerprint density at radius 2 is 2.38 bits per heavy atom. The lowest BCUT2D eigenvalue weighted by molar-refractivity contribution is 0.121. The third-order valence-electron chi connectivity index (χ3n) is 2.08. The lowest BCUT2D eigenvalue weighted by Gasteiger charge is -2.13. The van der Waals surface area contributed by atoms with Gasteiger partial charge in [-0.05, 0) is 13.0 Å². The highest BCUT2D eigenvalue weighted by Gasteiger charge is 2.17. The molecule has 3 nitrogen and oxygen atoms in total. The van der Waals surface area contributed by atoms with Crippen LogP contribution < -0.4 is 5.73 Å². The van der Waals surface area contributed by atoms with E-state index < -0.39 is 6.10 Å². The van der Waals surface area contributed by atoms with Crippen LogP contribution in [0.25, 0.3) is 0 Å². The molecular weight excluding hydrogens is 184 g/mol. The molecule has 0 aliphatic heterocycles. The molecule has 1 aromatic rings. The van der Waals surface area contributed by atoms with E-state index >= 15 is 0 Å². The topological polar surface area (TPSA) is 59.1 Å². The van der Waals surface area contributed by atoms with E-state index in [9.17, 15) is 5.11 Å². The van der Waals surface area contributed by atoms with Crippen molar-refractivity contribution >= 4 is 11.3 Å². The van der Waals surface area contributed by atoms with Crippen LogP contribution >= 0.6 is 11.3 Å². The van der Waals surface area contributed by atoms with Crippen LogP contribution in [0, 0.1) is 5.92 Å². The maximum atomic E-state index is 9.77. The number of aliphatic hydroxyl groups is 1. The standard InChI is InChI=1S/C9H16N2OS/c1-3-7-5-11-9(13-7)8(12)6(2)4-10/h5-6,8,12H,3-4,10H2,1-2H3. The molecule has 0 aliphatic rings.